The second-order valence-corrected chi connectivity index (χ2v) is 7.93. The van der Waals surface area contributed by atoms with Crippen LogP contribution in [-0.2, 0) is 10.0 Å². The molecule has 1 saturated heterocycles. The number of piperidine rings is 1. The zero-order chi connectivity index (χ0) is 16.1. The molecule has 21 heavy (non-hydrogen) atoms. The Kier molecular flexibility index (Phi) is 6.93. The minimum Gasteiger partial charge on any atom is -0.317 e. The van der Waals surface area contributed by atoms with Gasteiger partial charge in [-0.1, -0.05) is 0 Å². The molecule has 0 atom stereocenters. The van der Waals surface area contributed by atoms with Crippen molar-refractivity contribution in [1.29, 1.82) is 0 Å². The van der Waals surface area contributed by atoms with Gasteiger partial charge in [-0.3, -0.25) is 0 Å². The molecule has 0 aromatic heterocycles. The van der Waals surface area contributed by atoms with E-state index < -0.39 is 28.4 Å². The molecule has 126 valence electrons. The average Bonchev–Trinajstić information content (AvgIpc) is 2.34. The molecule has 1 aliphatic rings. The molecule has 1 heterocycles. The highest BCUT2D eigenvalue weighted by Crippen LogP contribution is 2.23. The summed E-state index contributed by atoms with van der Waals surface area (Å²) < 4.78 is 62.4. The molecule has 1 rings (SSSR count). The maximum absolute atomic E-state index is 12.3. The molecule has 0 radical (unpaired) electrons. The number of rotatable bonds is 7. The lowest BCUT2D eigenvalue weighted by Crippen LogP contribution is -2.43. The Labute approximate surface area is 125 Å². The van der Waals surface area contributed by atoms with Crippen molar-refractivity contribution in [1.82, 2.24) is 9.62 Å². The lowest BCUT2D eigenvalue weighted by molar-refractivity contribution is -0.134. The highest BCUT2D eigenvalue weighted by Gasteiger charge is 2.31. The minimum absolute atomic E-state index is 0.226. The Morgan fingerprint density at radius 3 is 2.29 bits per heavy atom. The van der Waals surface area contributed by atoms with Crippen LogP contribution in [0.4, 0.5) is 13.2 Å². The summed E-state index contributed by atoms with van der Waals surface area (Å²) in [5, 5.41) is 3.21. The Morgan fingerprint density at radius 2 is 1.81 bits per heavy atom. The van der Waals surface area contributed by atoms with Crippen molar-refractivity contribution in [3.63, 3.8) is 0 Å². The van der Waals surface area contributed by atoms with Crippen molar-refractivity contribution in [3.8, 4) is 0 Å². The number of hydrogen-bond acceptors (Lipinski definition) is 3. The van der Waals surface area contributed by atoms with Crippen LogP contribution in [0.3, 0.4) is 0 Å². The molecule has 0 amide bonds. The van der Waals surface area contributed by atoms with Crippen LogP contribution in [0.2, 0.25) is 0 Å². The van der Waals surface area contributed by atoms with Crippen molar-refractivity contribution in [3.05, 3.63) is 0 Å². The van der Waals surface area contributed by atoms with E-state index >= 15 is 0 Å². The third kappa shape index (κ3) is 6.97. The van der Waals surface area contributed by atoms with Crippen LogP contribution in [0.25, 0.3) is 0 Å². The highest BCUT2D eigenvalue weighted by molar-refractivity contribution is 7.89. The monoisotopic (exact) mass is 330 g/mol. The summed E-state index contributed by atoms with van der Waals surface area (Å²) in [5.74, 6) is -0.151. The molecule has 0 spiro atoms. The fourth-order valence-electron chi connectivity index (χ4n) is 2.54. The topological polar surface area (TPSA) is 49.4 Å². The predicted molar refractivity (Wildman–Crippen MR) is 76.5 cm³/mol. The maximum Gasteiger partial charge on any atom is 0.389 e. The summed E-state index contributed by atoms with van der Waals surface area (Å²) in [6.45, 7) is 5.67. The molecule has 1 fully saturated rings. The van der Waals surface area contributed by atoms with Gasteiger partial charge in [-0.25, -0.2) is 8.42 Å². The van der Waals surface area contributed by atoms with Crippen LogP contribution in [0, 0.1) is 5.92 Å². The second-order valence-electron chi connectivity index (χ2n) is 5.89. The van der Waals surface area contributed by atoms with E-state index in [4.69, 9.17) is 0 Å². The van der Waals surface area contributed by atoms with Gasteiger partial charge in [0.05, 0.1) is 5.75 Å². The van der Waals surface area contributed by atoms with Gasteiger partial charge in [0.25, 0.3) is 0 Å². The number of sulfonamides is 1. The smallest absolute Gasteiger partial charge is 0.317 e. The van der Waals surface area contributed by atoms with Gasteiger partial charge in [-0.05, 0) is 52.1 Å². The van der Waals surface area contributed by atoms with E-state index in [-0.39, 0.29) is 18.4 Å². The first-order valence-corrected chi connectivity index (χ1v) is 9.00. The van der Waals surface area contributed by atoms with E-state index in [9.17, 15) is 21.6 Å². The summed E-state index contributed by atoms with van der Waals surface area (Å²) in [7, 11) is -3.63. The zero-order valence-electron chi connectivity index (χ0n) is 12.6. The van der Waals surface area contributed by atoms with E-state index in [0.29, 0.717) is 6.54 Å². The van der Waals surface area contributed by atoms with Gasteiger partial charge < -0.3 is 5.32 Å². The van der Waals surface area contributed by atoms with Crippen molar-refractivity contribution in [2.45, 2.75) is 51.7 Å². The molecular formula is C13H25F3N2O2S. The molecular weight excluding hydrogens is 305 g/mol. The Bertz CT molecular complexity index is 404. The third-order valence-corrected chi connectivity index (χ3v) is 5.78. The first kappa shape index (κ1) is 18.7. The number of alkyl halides is 3. The Morgan fingerprint density at radius 1 is 1.24 bits per heavy atom. The highest BCUT2D eigenvalue weighted by atomic mass is 32.2. The first-order chi connectivity index (χ1) is 9.62. The fourth-order valence-corrected chi connectivity index (χ4v) is 4.36. The molecule has 0 aromatic rings. The van der Waals surface area contributed by atoms with Gasteiger partial charge in [0.15, 0.2) is 0 Å². The minimum atomic E-state index is -4.30. The maximum atomic E-state index is 12.3. The lowest BCUT2D eigenvalue weighted by atomic mass is 9.98. The summed E-state index contributed by atoms with van der Waals surface area (Å²) in [6.07, 6.45) is -3.91. The molecule has 0 unspecified atom stereocenters. The molecule has 1 N–H and O–H groups in total. The number of nitrogens with one attached hydrogen (secondary N) is 1. The van der Waals surface area contributed by atoms with Gasteiger partial charge in [-0.2, -0.15) is 17.5 Å². The van der Waals surface area contributed by atoms with Crippen molar-refractivity contribution >= 4 is 10.0 Å². The molecule has 0 aliphatic carbocycles. The van der Waals surface area contributed by atoms with Gasteiger partial charge in [-0.15, -0.1) is 0 Å². The Hall–Kier alpha value is -0.340. The predicted octanol–water partition coefficient (Wildman–Crippen LogP) is 2.37. The number of halogens is 3. The van der Waals surface area contributed by atoms with Crippen LogP contribution in [0.1, 0.15) is 39.5 Å². The van der Waals surface area contributed by atoms with Crippen LogP contribution < -0.4 is 5.32 Å². The van der Waals surface area contributed by atoms with E-state index in [2.05, 4.69) is 5.32 Å². The number of hydrogen-bond donors (Lipinski definition) is 1. The lowest BCUT2D eigenvalue weighted by Gasteiger charge is -2.32. The molecule has 1 aliphatic heterocycles. The summed E-state index contributed by atoms with van der Waals surface area (Å²) in [5.41, 5.74) is 0. The quantitative estimate of drug-likeness (QED) is 0.780. The van der Waals surface area contributed by atoms with E-state index in [1.807, 2.05) is 0 Å². The second kappa shape index (κ2) is 7.78. The van der Waals surface area contributed by atoms with Crippen LogP contribution in [0.15, 0.2) is 0 Å². The van der Waals surface area contributed by atoms with Gasteiger partial charge in [0, 0.05) is 19.0 Å². The summed E-state index contributed by atoms with van der Waals surface area (Å²) in [4.78, 5) is 0. The van der Waals surface area contributed by atoms with E-state index in [0.717, 1.165) is 25.9 Å². The van der Waals surface area contributed by atoms with Crippen LogP contribution >= 0.6 is 0 Å². The fraction of sp³-hybridized carbons (Fsp3) is 1.00. The zero-order valence-corrected chi connectivity index (χ0v) is 13.4. The average molecular weight is 330 g/mol. The first-order valence-electron chi connectivity index (χ1n) is 7.39. The summed E-state index contributed by atoms with van der Waals surface area (Å²) in [6, 6.07) is -0.226. The van der Waals surface area contributed by atoms with Gasteiger partial charge in [0.1, 0.15) is 0 Å². The van der Waals surface area contributed by atoms with Crippen molar-refractivity contribution in [2.24, 2.45) is 5.92 Å². The number of nitrogens with zero attached hydrogens (tertiary/aromatic N) is 1. The van der Waals surface area contributed by atoms with E-state index in [1.54, 1.807) is 13.8 Å². The summed E-state index contributed by atoms with van der Waals surface area (Å²) >= 11 is 0. The van der Waals surface area contributed by atoms with Crippen LogP contribution in [-0.4, -0.2) is 50.3 Å². The molecule has 0 saturated carbocycles. The van der Waals surface area contributed by atoms with Crippen molar-refractivity contribution < 1.29 is 21.6 Å². The standard InChI is InChI=1S/C13H25F3N2O2S/c1-11(2)18(10-12-4-7-17-8-5-12)21(19,20)9-3-6-13(14,15)16/h11-12,17H,3-10H2,1-2H3. The molecule has 0 bridgehead atoms. The van der Waals surface area contributed by atoms with Crippen LogP contribution in [0.5, 0.6) is 0 Å². The van der Waals surface area contributed by atoms with Gasteiger partial charge in [0.2, 0.25) is 10.0 Å². The van der Waals surface area contributed by atoms with E-state index in [1.165, 1.54) is 4.31 Å². The normalized spacial score (nSPS) is 18.6. The Balaban J connectivity index is 2.60. The molecule has 0 aromatic carbocycles. The largest absolute Gasteiger partial charge is 0.389 e. The van der Waals surface area contributed by atoms with Gasteiger partial charge >= 0.3 is 6.18 Å². The molecule has 8 heteroatoms. The molecule has 4 nitrogen and oxygen atoms in total. The SMILES string of the molecule is CC(C)N(CC1CCNCC1)S(=O)(=O)CCCC(F)(F)F. The third-order valence-electron chi connectivity index (χ3n) is 3.69. The van der Waals surface area contributed by atoms with Crippen molar-refractivity contribution in [2.75, 3.05) is 25.4 Å².